The van der Waals surface area contributed by atoms with Crippen molar-refractivity contribution in [2.45, 2.75) is 88.1 Å². The normalized spacial score (nSPS) is 33.1. The van der Waals surface area contributed by atoms with Crippen LogP contribution in [-0.4, -0.2) is 48.0 Å². The van der Waals surface area contributed by atoms with Crippen LogP contribution >= 0.6 is 0 Å². The standard InChI is InChI=1S/C27H36N4O5S/c1-25(33)15-19(16-25)23(32)31(21-5-3-4-20(14-21)30-37(2,34)35)17-26-8-11-27(12-9-26,13-10-26)24-28-22(29-36-24)18-6-7-18/h3-5,14,18-19,30,33H,6-13,15-17H2,1-2H3. The van der Waals surface area contributed by atoms with E-state index < -0.39 is 15.6 Å². The van der Waals surface area contributed by atoms with Crippen LogP contribution in [0.4, 0.5) is 11.4 Å². The summed E-state index contributed by atoms with van der Waals surface area (Å²) >= 11 is 0. The smallest absolute Gasteiger partial charge is 0.232 e. The molecule has 9 nitrogen and oxygen atoms in total. The molecule has 1 heterocycles. The summed E-state index contributed by atoms with van der Waals surface area (Å²) in [6.45, 7) is 2.35. The van der Waals surface area contributed by atoms with Gasteiger partial charge in [0, 0.05) is 29.5 Å². The van der Waals surface area contributed by atoms with Gasteiger partial charge in [-0.3, -0.25) is 9.52 Å². The van der Waals surface area contributed by atoms with E-state index in [9.17, 15) is 18.3 Å². The molecule has 2 aromatic rings. The molecule has 1 aromatic carbocycles. The van der Waals surface area contributed by atoms with E-state index in [0.29, 0.717) is 36.7 Å². The molecule has 7 rings (SSSR count). The average molecular weight is 529 g/mol. The lowest BCUT2D eigenvalue weighted by Gasteiger charge is -2.53. The Balaban J connectivity index is 1.23. The van der Waals surface area contributed by atoms with Crippen LogP contribution in [0.5, 0.6) is 0 Å². The van der Waals surface area contributed by atoms with E-state index in [2.05, 4.69) is 9.88 Å². The van der Waals surface area contributed by atoms with Gasteiger partial charge in [0.25, 0.3) is 0 Å². The molecule has 0 unspecified atom stereocenters. The largest absolute Gasteiger partial charge is 0.390 e. The predicted octanol–water partition coefficient (Wildman–Crippen LogP) is 4.10. The van der Waals surface area contributed by atoms with Gasteiger partial charge >= 0.3 is 0 Å². The second kappa shape index (κ2) is 8.53. The summed E-state index contributed by atoms with van der Waals surface area (Å²) in [6, 6.07) is 7.07. The number of nitrogens with zero attached hydrogens (tertiary/aromatic N) is 3. The molecule has 0 atom stereocenters. The van der Waals surface area contributed by atoms with Crippen LogP contribution in [0.1, 0.15) is 88.8 Å². The van der Waals surface area contributed by atoms with E-state index in [1.165, 1.54) is 0 Å². The maximum Gasteiger partial charge on any atom is 0.232 e. The van der Waals surface area contributed by atoms with Gasteiger partial charge in [-0.2, -0.15) is 4.98 Å². The van der Waals surface area contributed by atoms with Gasteiger partial charge in [0.2, 0.25) is 21.8 Å². The Bertz CT molecular complexity index is 1280. The van der Waals surface area contributed by atoms with Crippen LogP contribution in [0.15, 0.2) is 28.8 Å². The highest BCUT2D eigenvalue weighted by Gasteiger charge is 2.54. The molecular weight excluding hydrogens is 492 g/mol. The molecule has 2 N–H and O–H groups in total. The fourth-order valence-corrected chi connectivity index (χ4v) is 7.31. The van der Waals surface area contributed by atoms with Crippen molar-refractivity contribution in [1.82, 2.24) is 10.1 Å². The minimum Gasteiger partial charge on any atom is -0.390 e. The van der Waals surface area contributed by atoms with Gasteiger partial charge in [-0.15, -0.1) is 0 Å². The molecule has 5 aliphatic carbocycles. The van der Waals surface area contributed by atoms with E-state index in [4.69, 9.17) is 9.51 Å². The van der Waals surface area contributed by atoms with Crippen molar-refractivity contribution in [3.05, 3.63) is 36.0 Å². The van der Waals surface area contributed by atoms with E-state index in [1.807, 2.05) is 11.0 Å². The quantitative estimate of drug-likeness (QED) is 0.528. The number of carbonyl (C=O) groups excluding carboxylic acids is 1. The Morgan fingerprint density at radius 3 is 2.43 bits per heavy atom. The number of hydrogen-bond acceptors (Lipinski definition) is 7. The van der Waals surface area contributed by atoms with Crippen molar-refractivity contribution in [3.8, 4) is 0 Å². The van der Waals surface area contributed by atoms with E-state index >= 15 is 0 Å². The number of carbonyl (C=O) groups is 1. The fraction of sp³-hybridized carbons (Fsp3) is 0.667. The highest BCUT2D eigenvalue weighted by molar-refractivity contribution is 7.92. The van der Waals surface area contributed by atoms with E-state index in [0.717, 1.165) is 69.3 Å². The van der Waals surface area contributed by atoms with E-state index in [-0.39, 0.29) is 22.7 Å². The summed E-state index contributed by atoms with van der Waals surface area (Å²) in [5.41, 5.74) is 0.257. The molecule has 2 bridgehead atoms. The molecule has 1 aromatic heterocycles. The van der Waals surface area contributed by atoms with Crippen molar-refractivity contribution >= 4 is 27.3 Å². The molecule has 0 spiro atoms. The topological polar surface area (TPSA) is 126 Å². The van der Waals surface area contributed by atoms with Gasteiger partial charge in [-0.05, 0) is 94.7 Å². The molecule has 0 aliphatic heterocycles. The summed E-state index contributed by atoms with van der Waals surface area (Å²) in [5.74, 6) is 1.91. The number of hydrogen-bond donors (Lipinski definition) is 2. The molecule has 10 heteroatoms. The number of sulfonamides is 1. The van der Waals surface area contributed by atoms with Crippen molar-refractivity contribution in [2.75, 3.05) is 22.4 Å². The predicted molar refractivity (Wildman–Crippen MR) is 139 cm³/mol. The van der Waals surface area contributed by atoms with Gasteiger partial charge in [0.05, 0.1) is 17.5 Å². The summed E-state index contributed by atoms with van der Waals surface area (Å²) in [4.78, 5) is 20.4. The van der Waals surface area contributed by atoms with Crippen LogP contribution < -0.4 is 9.62 Å². The molecule has 5 fully saturated rings. The maximum absolute atomic E-state index is 13.8. The first-order valence-electron chi connectivity index (χ1n) is 13.4. The van der Waals surface area contributed by atoms with Gasteiger partial charge < -0.3 is 14.5 Å². The summed E-state index contributed by atoms with van der Waals surface area (Å²) in [6.07, 6.45) is 10.1. The zero-order chi connectivity index (χ0) is 26.1. The van der Waals surface area contributed by atoms with Gasteiger partial charge in [-0.1, -0.05) is 11.2 Å². The van der Waals surface area contributed by atoms with Gasteiger partial charge in [0.15, 0.2) is 5.82 Å². The number of aliphatic hydroxyl groups is 1. The zero-order valence-electron chi connectivity index (χ0n) is 21.6. The molecule has 0 radical (unpaired) electrons. The number of aromatic nitrogens is 2. The van der Waals surface area contributed by atoms with E-state index in [1.54, 1.807) is 25.1 Å². The number of anilines is 2. The number of fused-ring (bicyclic) bond motifs is 3. The van der Waals surface area contributed by atoms with Crippen LogP contribution in [0.25, 0.3) is 0 Å². The second-order valence-electron chi connectivity index (χ2n) is 12.5. The Hall–Kier alpha value is -2.46. The first-order chi connectivity index (χ1) is 17.5. The lowest BCUT2D eigenvalue weighted by atomic mass is 9.53. The summed E-state index contributed by atoms with van der Waals surface area (Å²) in [7, 11) is -3.44. The Morgan fingerprint density at radius 2 is 1.84 bits per heavy atom. The number of nitrogens with one attached hydrogen (secondary N) is 1. The van der Waals surface area contributed by atoms with Crippen molar-refractivity contribution < 1.29 is 22.8 Å². The number of amides is 1. The number of rotatable bonds is 8. The van der Waals surface area contributed by atoms with Crippen LogP contribution in [0, 0.1) is 11.3 Å². The first-order valence-corrected chi connectivity index (χ1v) is 15.3. The number of benzene rings is 1. The van der Waals surface area contributed by atoms with Crippen LogP contribution in [0.2, 0.25) is 0 Å². The molecule has 1 amide bonds. The SMILES string of the molecule is CC1(O)CC(C(=O)N(CC23CCC(c4nc(C5CC5)no4)(CC2)CC3)c2cccc(NS(C)(=O)=O)c2)C1. The minimum absolute atomic E-state index is 0.00536. The van der Waals surface area contributed by atoms with Crippen molar-refractivity contribution in [1.29, 1.82) is 0 Å². The average Bonchev–Trinajstić information content (AvgIpc) is 3.56. The lowest BCUT2D eigenvalue weighted by molar-refractivity contribution is -0.137. The Labute approximate surface area is 218 Å². The molecule has 200 valence electrons. The Kier molecular flexibility index (Phi) is 5.73. The maximum atomic E-state index is 13.8. The van der Waals surface area contributed by atoms with Crippen molar-refractivity contribution in [3.63, 3.8) is 0 Å². The summed E-state index contributed by atoms with van der Waals surface area (Å²) < 4.78 is 31.9. The fourth-order valence-electron chi connectivity index (χ4n) is 6.76. The molecular formula is C27H36N4O5S. The van der Waals surface area contributed by atoms with Gasteiger partial charge in [0.1, 0.15) is 0 Å². The molecule has 0 saturated heterocycles. The van der Waals surface area contributed by atoms with Crippen LogP contribution in [-0.2, 0) is 20.2 Å². The third-order valence-corrected chi connectivity index (χ3v) is 9.79. The van der Waals surface area contributed by atoms with Crippen LogP contribution in [0.3, 0.4) is 0 Å². The molecule has 5 saturated carbocycles. The molecule has 37 heavy (non-hydrogen) atoms. The zero-order valence-corrected chi connectivity index (χ0v) is 22.4. The minimum atomic E-state index is -3.44. The van der Waals surface area contributed by atoms with Crippen molar-refractivity contribution in [2.24, 2.45) is 11.3 Å². The third kappa shape index (κ3) is 4.90. The monoisotopic (exact) mass is 528 g/mol. The highest BCUT2D eigenvalue weighted by Crippen LogP contribution is 2.58. The molecule has 5 aliphatic rings. The summed E-state index contributed by atoms with van der Waals surface area (Å²) in [5, 5.41) is 14.6. The first kappa shape index (κ1) is 24.9. The second-order valence-corrected chi connectivity index (χ2v) is 14.2. The Morgan fingerprint density at radius 1 is 1.16 bits per heavy atom. The third-order valence-electron chi connectivity index (χ3n) is 9.18. The van der Waals surface area contributed by atoms with Gasteiger partial charge in [-0.25, -0.2) is 8.42 Å². The lowest BCUT2D eigenvalue weighted by Crippen LogP contribution is -2.54. The highest BCUT2D eigenvalue weighted by atomic mass is 32.2.